The van der Waals surface area contributed by atoms with Gasteiger partial charge in [0.15, 0.2) is 0 Å². The predicted molar refractivity (Wildman–Crippen MR) is 64.9 cm³/mol. The highest BCUT2D eigenvalue weighted by atomic mass is 19.1. The number of hydrogen-bond donors (Lipinski definition) is 3. The maximum atomic E-state index is 13.5. The van der Waals surface area contributed by atoms with Gasteiger partial charge in [0.2, 0.25) is 5.91 Å². The number of benzene rings is 1. The summed E-state index contributed by atoms with van der Waals surface area (Å²) in [6.07, 6.45) is 0.741. The number of nitrogens with one attached hydrogen (secondary N) is 1. The molecule has 98 valence electrons. The van der Waals surface area contributed by atoms with E-state index in [4.69, 9.17) is 10.8 Å². The summed E-state index contributed by atoms with van der Waals surface area (Å²) in [6, 6.07) is 3.03. The fourth-order valence-corrected chi connectivity index (χ4v) is 1.33. The maximum absolute atomic E-state index is 13.5. The van der Waals surface area contributed by atoms with Crippen molar-refractivity contribution in [1.29, 1.82) is 0 Å². The van der Waals surface area contributed by atoms with Crippen molar-refractivity contribution in [2.24, 2.45) is 5.73 Å². The van der Waals surface area contributed by atoms with Crippen molar-refractivity contribution in [2.75, 3.05) is 5.32 Å². The van der Waals surface area contributed by atoms with Gasteiger partial charge in [-0.1, -0.05) is 6.92 Å². The fourth-order valence-electron chi connectivity index (χ4n) is 1.33. The molecule has 0 aliphatic carbocycles. The zero-order valence-corrected chi connectivity index (χ0v) is 9.94. The first kappa shape index (κ1) is 14.1. The van der Waals surface area contributed by atoms with Crippen LogP contribution in [0, 0.1) is 5.82 Å². The van der Waals surface area contributed by atoms with Crippen LogP contribution >= 0.6 is 0 Å². The van der Waals surface area contributed by atoms with Gasteiger partial charge in [-0.25, -0.2) is 9.18 Å². The molecule has 0 spiro atoms. The van der Waals surface area contributed by atoms with E-state index >= 15 is 0 Å². The molecule has 1 rings (SSSR count). The summed E-state index contributed by atoms with van der Waals surface area (Å²) >= 11 is 0. The van der Waals surface area contributed by atoms with E-state index in [-0.39, 0.29) is 23.7 Å². The Morgan fingerprint density at radius 1 is 1.50 bits per heavy atom. The van der Waals surface area contributed by atoms with Crippen molar-refractivity contribution in [3.8, 4) is 0 Å². The minimum Gasteiger partial charge on any atom is -0.478 e. The first-order valence-corrected chi connectivity index (χ1v) is 5.52. The van der Waals surface area contributed by atoms with Gasteiger partial charge in [-0.15, -0.1) is 0 Å². The molecule has 0 fully saturated rings. The van der Waals surface area contributed by atoms with Crippen LogP contribution < -0.4 is 11.1 Å². The van der Waals surface area contributed by atoms with Crippen molar-refractivity contribution in [2.45, 2.75) is 25.8 Å². The number of anilines is 1. The van der Waals surface area contributed by atoms with Crippen molar-refractivity contribution in [3.63, 3.8) is 0 Å². The summed E-state index contributed by atoms with van der Waals surface area (Å²) in [5, 5.41) is 11.0. The molecule has 1 aromatic carbocycles. The lowest BCUT2D eigenvalue weighted by atomic mass is 10.1. The van der Waals surface area contributed by atoms with Gasteiger partial charge in [-0.2, -0.15) is 0 Å². The van der Waals surface area contributed by atoms with Gasteiger partial charge in [0, 0.05) is 12.5 Å². The Morgan fingerprint density at radius 2 is 2.17 bits per heavy atom. The van der Waals surface area contributed by atoms with Crippen molar-refractivity contribution >= 4 is 17.6 Å². The molecule has 6 heteroatoms. The van der Waals surface area contributed by atoms with Gasteiger partial charge in [0.05, 0.1) is 11.3 Å². The largest absolute Gasteiger partial charge is 0.478 e. The molecule has 1 atom stereocenters. The monoisotopic (exact) mass is 254 g/mol. The van der Waals surface area contributed by atoms with E-state index in [1.807, 2.05) is 6.92 Å². The van der Waals surface area contributed by atoms with Crippen LogP contribution in [0.1, 0.15) is 30.1 Å². The standard InChI is InChI=1S/C12H15FN2O3/c1-2-8(14)6-11(16)15-10-4-3-7(12(17)18)5-9(10)13/h3-5,8H,2,6,14H2,1H3,(H,15,16)(H,17,18). The molecule has 0 aromatic heterocycles. The predicted octanol–water partition coefficient (Wildman–Crippen LogP) is 1.59. The third-order valence-corrected chi connectivity index (χ3v) is 2.46. The number of rotatable bonds is 5. The Labute approximate surface area is 104 Å². The first-order valence-electron chi connectivity index (χ1n) is 5.52. The number of nitrogens with two attached hydrogens (primary N) is 1. The van der Waals surface area contributed by atoms with Gasteiger partial charge in [-0.05, 0) is 24.6 Å². The molecule has 0 heterocycles. The van der Waals surface area contributed by atoms with E-state index in [0.29, 0.717) is 6.42 Å². The minimum atomic E-state index is -1.22. The van der Waals surface area contributed by atoms with Crippen LogP contribution in [0.2, 0.25) is 0 Å². The van der Waals surface area contributed by atoms with Crippen LogP contribution in [0.15, 0.2) is 18.2 Å². The molecule has 0 saturated carbocycles. The van der Waals surface area contributed by atoms with Crippen LogP contribution in [0.3, 0.4) is 0 Å². The number of carbonyl (C=O) groups excluding carboxylic acids is 1. The van der Waals surface area contributed by atoms with Crippen molar-refractivity contribution < 1.29 is 19.1 Å². The number of aromatic carboxylic acids is 1. The highest BCUT2D eigenvalue weighted by molar-refractivity contribution is 5.92. The number of hydrogen-bond acceptors (Lipinski definition) is 3. The summed E-state index contributed by atoms with van der Waals surface area (Å²) in [4.78, 5) is 22.1. The Balaban J connectivity index is 2.74. The van der Waals surface area contributed by atoms with Gasteiger partial charge in [-0.3, -0.25) is 4.79 Å². The minimum absolute atomic E-state index is 0.0479. The molecule has 0 bridgehead atoms. The molecular formula is C12H15FN2O3. The number of amides is 1. The lowest BCUT2D eigenvalue weighted by Gasteiger charge is -2.10. The average Bonchev–Trinajstić information content (AvgIpc) is 2.31. The molecule has 5 nitrogen and oxygen atoms in total. The lowest BCUT2D eigenvalue weighted by Crippen LogP contribution is -2.26. The normalized spacial score (nSPS) is 11.9. The average molecular weight is 254 g/mol. The molecule has 4 N–H and O–H groups in total. The Kier molecular flexibility index (Phi) is 4.79. The van der Waals surface area contributed by atoms with Crippen LogP contribution in [0.25, 0.3) is 0 Å². The molecule has 0 aliphatic heterocycles. The van der Waals surface area contributed by atoms with Gasteiger partial charge in [0.1, 0.15) is 5.82 Å². The quantitative estimate of drug-likeness (QED) is 0.744. The van der Waals surface area contributed by atoms with Gasteiger partial charge < -0.3 is 16.2 Å². The van der Waals surface area contributed by atoms with E-state index in [0.717, 1.165) is 6.07 Å². The third-order valence-electron chi connectivity index (χ3n) is 2.46. The molecule has 0 saturated heterocycles. The Morgan fingerprint density at radius 3 is 2.67 bits per heavy atom. The Bertz CT molecular complexity index is 463. The topological polar surface area (TPSA) is 92.4 Å². The van der Waals surface area contributed by atoms with Crippen LogP contribution in [-0.4, -0.2) is 23.0 Å². The van der Waals surface area contributed by atoms with Crippen molar-refractivity contribution in [1.82, 2.24) is 0 Å². The zero-order valence-electron chi connectivity index (χ0n) is 9.94. The van der Waals surface area contributed by atoms with E-state index in [1.165, 1.54) is 12.1 Å². The van der Waals surface area contributed by atoms with Crippen LogP contribution in [0.5, 0.6) is 0 Å². The van der Waals surface area contributed by atoms with Crippen molar-refractivity contribution in [3.05, 3.63) is 29.6 Å². The van der Waals surface area contributed by atoms with Crippen LogP contribution in [0.4, 0.5) is 10.1 Å². The third kappa shape index (κ3) is 3.81. The van der Waals surface area contributed by atoms with Gasteiger partial charge in [0.25, 0.3) is 0 Å². The molecule has 0 radical (unpaired) electrons. The molecular weight excluding hydrogens is 239 g/mol. The number of halogens is 1. The van der Waals surface area contributed by atoms with Gasteiger partial charge >= 0.3 is 5.97 Å². The number of carbonyl (C=O) groups is 2. The second-order valence-corrected chi connectivity index (χ2v) is 3.92. The number of carboxylic acid groups (broad SMARTS) is 1. The second-order valence-electron chi connectivity index (χ2n) is 3.92. The fraction of sp³-hybridized carbons (Fsp3) is 0.333. The SMILES string of the molecule is CCC(N)CC(=O)Nc1ccc(C(=O)O)cc1F. The summed E-state index contributed by atoms with van der Waals surface area (Å²) in [5.41, 5.74) is 5.38. The number of carboxylic acids is 1. The smallest absolute Gasteiger partial charge is 0.335 e. The molecule has 0 aliphatic rings. The molecule has 1 unspecified atom stereocenters. The maximum Gasteiger partial charge on any atom is 0.335 e. The lowest BCUT2D eigenvalue weighted by molar-refractivity contribution is -0.116. The second kappa shape index (κ2) is 6.11. The van der Waals surface area contributed by atoms with E-state index < -0.39 is 17.7 Å². The van der Waals surface area contributed by atoms with E-state index in [2.05, 4.69) is 5.32 Å². The zero-order chi connectivity index (χ0) is 13.7. The van der Waals surface area contributed by atoms with E-state index in [1.54, 1.807) is 0 Å². The molecule has 1 amide bonds. The first-order chi connectivity index (χ1) is 8.43. The molecule has 1 aromatic rings. The summed E-state index contributed by atoms with van der Waals surface area (Å²) < 4.78 is 13.5. The van der Waals surface area contributed by atoms with E-state index in [9.17, 15) is 14.0 Å². The summed E-state index contributed by atoms with van der Waals surface area (Å²) in [7, 11) is 0. The Hall–Kier alpha value is -1.95. The summed E-state index contributed by atoms with van der Waals surface area (Å²) in [6.45, 7) is 1.85. The molecule has 18 heavy (non-hydrogen) atoms. The summed E-state index contributed by atoms with van der Waals surface area (Å²) in [5.74, 6) is -2.40. The van der Waals surface area contributed by atoms with Crippen LogP contribution in [-0.2, 0) is 4.79 Å². The highest BCUT2D eigenvalue weighted by Crippen LogP contribution is 2.16. The highest BCUT2D eigenvalue weighted by Gasteiger charge is 2.12.